The van der Waals surface area contributed by atoms with Gasteiger partial charge in [0.25, 0.3) is 10.0 Å². The van der Waals surface area contributed by atoms with Crippen molar-refractivity contribution in [2.24, 2.45) is 0 Å². The summed E-state index contributed by atoms with van der Waals surface area (Å²) in [7, 11) is -4.37. The highest BCUT2D eigenvalue weighted by molar-refractivity contribution is 7.92. The van der Waals surface area contributed by atoms with Gasteiger partial charge >= 0.3 is 6.36 Å². The summed E-state index contributed by atoms with van der Waals surface area (Å²) in [5, 5.41) is 0.646. The van der Waals surface area contributed by atoms with Crippen LogP contribution in [-0.2, 0) is 10.0 Å². The van der Waals surface area contributed by atoms with Crippen LogP contribution in [0, 0.1) is 6.92 Å². The normalized spacial score (nSPS) is 12.1. The first-order chi connectivity index (χ1) is 14.6. The SMILES string of the molecule is Cc1c(NS(=O)(=O)c2ccccc2OC(F)(F)F)cccc1-c1nc2cccnc2s1. The zero-order valence-electron chi connectivity index (χ0n) is 15.8. The van der Waals surface area contributed by atoms with Crippen LogP contribution in [0.3, 0.4) is 0 Å². The lowest BCUT2D eigenvalue weighted by atomic mass is 10.1. The lowest BCUT2D eigenvalue weighted by Crippen LogP contribution is -2.21. The van der Waals surface area contributed by atoms with Gasteiger partial charge in [-0.15, -0.1) is 13.2 Å². The smallest absolute Gasteiger partial charge is 0.404 e. The van der Waals surface area contributed by atoms with Gasteiger partial charge in [-0.3, -0.25) is 4.72 Å². The minimum absolute atomic E-state index is 0.214. The van der Waals surface area contributed by atoms with Crippen LogP contribution in [0.25, 0.3) is 20.9 Å². The van der Waals surface area contributed by atoms with E-state index < -0.39 is 27.0 Å². The van der Waals surface area contributed by atoms with Crippen LogP contribution in [0.4, 0.5) is 18.9 Å². The molecule has 6 nitrogen and oxygen atoms in total. The largest absolute Gasteiger partial charge is 0.573 e. The zero-order chi connectivity index (χ0) is 22.2. The number of thiazole rings is 1. The van der Waals surface area contributed by atoms with Crippen LogP contribution in [0.5, 0.6) is 5.75 Å². The Kier molecular flexibility index (Phi) is 5.31. The molecule has 0 bridgehead atoms. The first kappa shape index (κ1) is 21.1. The van der Waals surface area contributed by atoms with Gasteiger partial charge in [-0.2, -0.15) is 0 Å². The second kappa shape index (κ2) is 7.82. The highest BCUT2D eigenvalue weighted by Crippen LogP contribution is 2.35. The van der Waals surface area contributed by atoms with Crippen molar-refractivity contribution >= 4 is 37.4 Å². The summed E-state index contributed by atoms with van der Waals surface area (Å²) in [5.74, 6) is -0.812. The summed E-state index contributed by atoms with van der Waals surface area (Å²) in [5.41, 5.74) is 2.18. The molecule has 0 aliphatic carbocycles. The molecule has 31 heavy (non-hydrogen) atoms. The lowest BCUT2D eigenvalue weighted by molar-refractivity contribution is -0.275. The van der Waals surface area contributed by atoms with Gasteiger partial charge in [0.15, 0.2) is 0 Å². The van der Waals surface area contributed by atoms with Gasteiger partial charge in [-0.1, -0.05) is 35.6 Å². The number of nitrogens with zero attached hydrogens (tertiary/aromatic N) is 2. The molecule has 2 aromatic heterocycles. The predicted octanol–water partition coefficient (Wildman–Crippen LogP) is 5.37. The fraction of sp³-hybridized carbons (Fsp3) is 0.100. The number of sulfonamides is 1. The molecule has 11 heteroatoms. The van der Waals surface area contributed by atoms with Crippen LogP contribution in [0.2, 0.25) is 0 Å². The van der Waals surface area contributed by atoms with Gasteiger partial charge in [-0.05, 0) is 42.8 Å². The molecule has 2 heterocycles. The lowest BCUT2D eigenvalue weighted by Gasteiger charge is -2.16. The van der Waals surface area contributed by atoms with E-state index in [1.165, 1.54) is 29.5 Å². The number of nitrogens with one attached hydrogen (secondary N) is 1. The maximum Gasteiger partial charge on any atom is 0.573 e. The van der Waals surface area contributed by atoms with Crippen molar-refractivity contribution < 1.29 is 26.3 Å². The molecule has 1 N–H and O–H groups in total. The van der Waals surface area contributed by atoms with Crippen LogP contribution in [0.1, 0.15) is 5.56 Å². The van der Waals surface area contributed by atoms with Crippen molar-refractivity contribution in [3.8, 4) is 16.3 Å². The number of hydrogen-bond donors (Lipinski definition) is 1. The van der Waals surface area contributed by atoms with E-state index in [0.717, 1.165) is 17.0 Å². The molecule has 0 atom stereocenters. The fourth-order valence-electron chi connectivity index (χ4n) is 2.94. The van der Waals surface area contributed by atoms with Crippen molar-refractivity contribution in [3.63, 3.8) is 0 Å². The second-order valence-electron chi connectivity index (χ2n) is 6.42. The van der Waals surface area contributed by atoms with Crippen LogP contribution in [-0.4, -0.2) is 24.7 Å². The maximum absolute atomic E-state index is 12.9. The Labute approximate surface area is 179 Å². The van der Waals surface area contributed by atoms with Crippen molar-refractivity contribution in [2.75, 3.05) is 4.72 Å². The van der Waals surface area contributed by atoms with Gasteiger partial charge in [0.1, 0.15) is 26.0 Å². The average Bonchev–Trinajstić information content (AvgIpc) is 3.12. The molecule has 0 radical (unpaired) electrons. The number of hydrogen-bond acceptors (Lipinski definition) is 6. The van der Waals surface area contributed by atoms with E-state index in [0.29, 0.717) is 21.7 Å². The molecule has 0 fully saturated rings. The zero-order valence-corrected chi connectivity index (χ0v) is 17.5. The van der Waals surface area contributed by atoms with Crippen molar-refractivity contribution in [3.05, 3.63) is 66.4 Å². The van der Waals surface area contributed by atoms with E-state index in [4.69, 9.17) is 0 Å². The molecule has 0 aliphatic rings. The average molecular weight is 465 g/mol. The number of pyridine rings is 1. The Morgan fingerprint density at radius 1 is 1.03 bits per heavy atom. The van der Waals surface area contributed by atoms with E-state index >= 15 is 0 Å². The molecule has 0 aliphatic heterocycles. The summed E-state index contributed by atoms with van der Waals surface area (Å²) in [6.07, 6.45) is -3.37. The Hall–Kier alpha value is -3.18. The minimum atomic E-state index is -5.03. The molecule has 0 unspecified atom stereocenters. The first-order valence-corrected chi connectivity index (χ1v) is 11.1. The van der Waals surface area contributed by atoms with Crippen LogP contribution >= 0.6 is 11.3 Å². The van der Waals surface area contributed by atoms with Crippen LogP contribution in [0.15, 0.2) is 65.7 Å². The standard InChI is InChI=1S/C20H14F3N3O3S2/c1-12-13(18-25-15-8-5-11-24-19(15)30-18)6-4-7-14(12)26-31(27,28)17-10-3-2-9-16(17)29-20(21,22)23/h2-11,26H,1H3. The molecule has 4 aromatic rings. The number of rotatable bonds is 5. The van der Waals surface area contributed by atoms with E-state index in [2.05, 4.69) is 19.4 Å². The summed E-state index contributed by atoms with van der Waals surface area (Å²) in [6, 6.07) is 13.1. The van der Waals surface area contributed by atoms with Crippen LogP contribution < -0.4 is 9.46 Å². The van der Waals surface area contributed by atoms with E-state index in [-0.39, 0.29) is 5.69 Å². The van der Waals surface area contributed by atoms with Gasteiger partial charge in [0.2, 0.25) is 0 Å². The Morgan fingerprint density at radius 3 is 2.55 bits per heavy atom. The Bertz CT molecular complexity index is 1340. The number of anilines is 1. The number of para-hydroxylation sites is 1. The molecule has 0 amide bonds. The number of ether oxygens (including phenoxy) is 1. The molecule has 0 saturated carbocycles. The molecule has 160 valence electrons. The summed E-state index contributed by atoms with van der Waals surface area (Å²) in [4.78, 5) is 8.90. The summed E-state index contributed by atoms with van der Waals surface area (Å²) < 4.78 is 70.0. The topological polar surface area (TPSA) is 81.2 Å². The third-order valence-corrected chi connectivity index (χ3v) is 6.76. The van der Waals surface area contributed by atoms with Gasteiger partial charge in [-0.25, -0.2) is 18.4 Å². The molecule has 0 spiro atoms. The fourth-order valence-corrected chi connectivity index (χ4v) is 5.19. The second-order valence-corrected chi connectivity index (χ2v) is 9.05. The molecular weight excluding hydrogens is 451 g/mol. The molecule has 0 saturated heterocycles. The van der Waals surface area contributed by atoms with Gasteiger partial charge in [0, 0.05) is 11.8 Å². The van der Waals surface area contributed by atoms with Gasteiger partial charge < -0.3 is 4.74 Å². The Morgan fingerprint density at radius 2 is 1.81 bits per heavy atom. The first-order valence-electron chi connectivity index (χ1n) is 8.83. The van der Waals surface area contributed by atoms with Crippen molar-refractivity contribution in [2.45, 2.75) is 18.2 Å². The van der Waals surface area contributed by atoms with E-state index in [1.54, 1.807) is 31.3 Å². The van der Waals surface area contributed by atoms with Crippen molar-refractivity contribution in [1.29, 1.82) is 0 Å². The quantitative estimate of drug-likeness (QED) is 0.429. The third-order valence-electron chi connectivity index (χ3n) is 4.34. The van der Waals surface area contributed by atoms with E-state index in [1.807, 2.05) is 6.07 Å². The highest BCUT2D eigenvalue weighted by atomic mass is 32.2. The number of fused-ring (bicyclic) bond motifs is 1. The highest BCUT2D eigenvalue weighted by Gasteiger charge is 2.34. The minimum Gasteiger partial charge on any atom is -0.404 e. The number of alkyl halides is 3. The van der Waals surface area contributed by atoms with Gasteiger partial charge in [0.05, 0.1) is 5.69 Å². The van der Waals surface area contributed by atoms with E-state index in [9.17, 15) is 21.6 Å². The predicted molar refractivity (Wildman–Crippen MR) is 112 cm³/mol. The molecular formula is C20H14F3N3O3S2. The third kappa shape index (κ3) is 4.47. The molecule has 4 rings (SSSR count). The van der Waals surface area contributed by atoms with Crippen molar-refractivity contribution in [1.82, 2.24) is 9.97 Å². The monoisotopic (exact) mass is 465 g/mol. The summed E-state index contributed by atoms with van der Waals surface area (Å²) >= 11 is 1.35. The molecule has 2 aromatic carbocycles. The Balaban J connectivity index is 1.71. The number of aromatic nitrogens is 2. The number of halogens is 3. The maximum atomic E-state index is 12.9. The summed E-state index contributed by atoms with van der Waals surface area (Å²) in [6.45, 7) is 1.70. The number of benzene rings is 2.